The van der Waals surface area contributed by atoms with E-state index in [1.54, 1.807) is 33.5 Å². The van der Waals surface area contributed by atoms with Gasteiger partial charge in [-0.25, -0.2) is 4.99 Å². The number of hydrogen-bond donors (Lipinski definition) is 2. The molecule has 0 bridgehead atoms. The largest absolute Gasteiger partial charge is 0.493 e. The van der Waals surface area contributed by atoms with Crippen LogP contribution in [0, 0.1) is 0 Å². The fourth-order valence-electron chi connectivity index (χ4n) is 2.40. The molecular weight excluding hydrogens is 473 g/mol. The average molecular weight is 501 g/mol. The Morgan fingerprint density at radius 3 is 2.50 bits per heavy atom. The van der Waals surface area contributed by atoms with Crippen LogP contribution in [0.3, 0.4) is 0 Å². The Balaban J connectivity index is 0.00000392. The van der Waals surface area contributed by atoms with E-state index in [9.17, 15) is 0 Å². The maximum Gasteiger partial charge on any atom is 0.193 e. The summed E-state index contributed by atoms with van der Waals surface area (Å²) in [5.41, 5.74) is 7.77. The smallest absolute Gasteiger partial charge is 0.193 e. The van der Waals surface area contributed by atoms with E-state index in [0.29, 0.717) is 37.2 Å². The Hall–Kier alpha value is -2.20. The van der Waals surface area contributed by atoms with Gasteiger partial charge in [-0.1, -0.05) is 12.1 Å². The molecule has 0 aliphatic heterocycles. The van der Waals surface area contributed by atoms with Crippen molar-refractivity contribution >= 4 is 35.6 Å². The summed E-state index contributed by atoms with van der Waals surface area (Å²) in [6.45, 7) is 1.74. The molecule has 2 aromatic rings. The van der Waals surface area contributed by atoms with E-state index in [1.807, 2.05) is 30.3 Å². The van der Waals surface area contributed by atoms with E-state index in [2.05, 4.69) is 10.3 Å². The molecular formula is C20H28IN3O4. The maximum absolute atomic E-state index is 5.99. The third-order valence-corrected chi connectivity index (χ3v) is 3.75. The van der Waals surface area contributed by atoms with Crippen LogP contribution < -0.4 is 25.3 Å². The van der Waals surface area contributed by atoms with Crippen molar-refractivity contribution < 1.29 is 18.9 Å². The van der Waals surface area contributed by atoms with Gasteiger partial charge in [-0.15, -0.1) is 24.0 Å². The number of methoxy groups -OCH3 is 3. The van der Waals surface area contributed by atoms with Crippen molar-refractivity contribution in [3.63, 3.8) is 0 Å². The van der Waals surface area contributed by atoms with E-state index < -0.39 is 0 Å². The number of nitrogens with two attached hydrogens (primary N) is 1. The summed E-state index contributed by atoms with van der Waals surface area (Å²) in [5, 5.41) is 3.05. The monoisotopic (exact) mass is 501 g/mol. The molecule has 0 aromatic heterocycles. The number of hydrogen-bond acceptors (Lipinski definition) is 5. The lowest BCUT2D eigenvalue weighted by Crippen LogP contribution is -2.22. The summed E-state index contributed by atoms with van der Waals surface area (Å²) in [6.07, 6.45) is 0.848. The summed E-state index contributed by atoms with van der Waals surface area (Å²) in [6, 6.07) is 13.3. The fourth-order valence-corrected chi connectivity index (χ4v) is 2.40. The molecule has 0 spiro atoms. The molecule has 0 amide bonds. The van der Waals surface area contributed by atoms with Crippen LogP contribution in [-0.2, 0) is 11.3 Å². The fraction of sp³-hybridized carbons (Fsp3) is 0.350. The molecule has 3 N–H and O–H groups in total. The van der Waals surface area contributed by atoms with E-state index in [4.69, 9.17) is 24.7 Å². The number of guanidine groups is 1. The highest BCUT2D eigenvalue weighted by atomic mass is 127. The quantitative estimate of drug-likeness (QED) is 0.224. The number of nitrogens with one attached hydrogen (secondary N) is 1. The van der Waals surface area contributed by atoms with Crippen LogP contribution in [0.25, 0.3) is 0 Å². The van der Waals surface area contributed by atoms with Gasteiger partial charge in [0.25, 0.3) is 0 Å². The van der Waals surface area contributed by atoms with E-state index >= 15 is 0 Å². The van der Waals surface area contributed by atoms with Gasteiger partial charge in [-0.05, 0) is 29.8 Å². The van der Waals surface area contributed by atoms with Crippen LogP contribution >= 0.6 is 24.0 Å². The SMILES string of the molecule is COCCCOc1cccc(CN=C(N)Nc2ccc(OC)c(OC)c2)c1.I. The van der Waals surface area contributed by atoms with Gasteiger partial charge in [-0.2, -0.15) is 0 Å². The zero-order valence-electron chi connectivity index (χ0n) is 16.4. The molecule has 0 aliphatic rings. The maximum atomic E-state index is 5.99. The van der Waals surface area contributed by atoms with E-state index in [-0.39, 0.29) is 24.0 Å². The van der Waals surface area contributed by atoms with Gasteiger partial charge in [0.1, 0.15) is 5.75 Å². The van der Waals surface area contributed by atoms with Gasteiger partial charge < -0.3 is 30.0 Å². The first-order valence-corrected chi connectivity index (χ1v) is 8.66. The third-order valence-electron chi connectivity index (χ3n) is 3.75. The van der Waals surface area contributed by atoms with Crippen molar-refractivity contribution in [2.75, 3.05) is 39.9 Å². The second-order valence-corrected chi connectivity index (χ2v) is 5.74. The summed E-state index contributed by atoms with van der Waals surface area (Å²) < 4.78 is 21.2. The second kappa shape index (κ2) is 13.1. The lowest BCUT2D eigenvalue weighted by Gasteiger charge is -2.11. The van der Waals surface area contributed by atoms with E-state index in [0.717, 1.165) is 23.4 Å². The number of halogens is 1. The van der Waals surface area contributed by atoms with Gasteiger partial charge in [0, 0.05) is 31.9 Å². The Kier molecular flexibility index (Phi) is 11.1. The van der Waals surface area contributed by atoms with Crippen LogP contribution in [0.2, 0.25) is 0 Å². The molecule has 7 nitrogen and oxygen atoms in total. The Morgan fingerprint density at radius 1 is 1.00 bits per heavy atom. The Bertz CT molecular complexity index is 756. The predicted molar refractivity (Wildman–Crippen MR) is 122 cm³/mol. The molecule has 154 valence electrons. The third kappa shape index (κ3) is 7.81. The van der Waals surface area contributed by atoms with Gasteiger partial charge >= 0.3 is 0 Å². The minimum absolute atomic E-state index is 0. The molecule has 0 atom stereocenters. The van der Waals surface area contributed by atoms with Crippen molar-refractivity contribution in [2.45, 2.75) is 13.0 Å². The average Bonchev–Trinajstić information content (AvgIpc) is 2.70. The van der Waals surface area contributed by atoms with Crippen molar-refractivity contribution in [1.82, 2.24) is 0 Å². The topological polar surface area (TPSA) is 87.3 Å². The van der Waals surface area contributed by atoms with Crippen molar-refractivity contribution in [3.8, 4) is 17.2 Å². The molecule has 0 heterocycles. The summed E-state index contributed by atoms with van der Waals surface area (Å²) >= 11 is 0. The molecule has 0 radical (unpaired) electrons. The van der Waals surface area contributed by atoms with Gasteiger partial charge in [0.15, 0.2) is 17.5 Å². The highest BCUT2D eigenvalue weighted by molar-refractivity contribution is 14.0. The van der Waals surface area contributed by atoms with Gasteiger partial charge in [0.05, 0.1) is 27.4 Å². The lowest BCUT2D eigenvalue weighted by atomic mass is 10.2. The molecule has 0 fully saturated rings. The number of aliphatic imine (C=N–C) groups is 1. The predicted octanol–water partition coefficient (Wildman–Crippen LogP) is 3.66. The molecule has 0 aliphatic carbocycles. The molecule has 8 heteroatoms. The Labute approximate surface area is 183 Å². The number of nitrogens with zero attached hydrogens (tertiary/aromatic N) is 1. The number of ether oxygens (including phenoxy) is 4. The number of benzene rings is 2. The second-order valence-electron chi connectivity index (χ2n) is 5.74. The van der Waals surface area contributed by atoms with Crippen molar-refractivity contribution in [3.05, 3.63) is 48.0 Å². The lowest BCUT2D eigenvalue weighted by molar-refractivity contribution is 0.172. The van der Waals surface area contributed by atoms with Gasteiger partial charge in [0.2, 0.25) is 0 Å². The van der Waals surface area contributed by atoms with Crippen LogP contribution in [0.4, 0.5) is 5.69 Å². The van der Waals surface area contributed by atoms with Crippen LogP contribution in [0.15, 0.2) is 47.5 Å². The van der Waals surface area contributed by atoms with Crippen LogP contribution in [-0.4, -0.2) is 40.5 Å². The minimum atomic E-state index is 0. The van der Waals surface area contributed by atoms with E-state index in [1.165, 1.54) is 0 Å². The standard InChI is InChI=1S/C20H27N3O4.HI/c1-24-10-5-11-27-17-7-4-6-15(12-17)14-22-20(21)23-16-8-9-18(25-2)19(13-16)26-3;/h4,6-9,12-13H,5,10-11,14H2,1-3H3,(H3,21,22,23);1H. The highest BCUT2D eigenvalue weighted by Crippen LogP contribution is 2.29. The summed E-state index contributed by atoms with van der Waals surface area (Å²) in [7, 11) is 4.86. The number of anilines is 1. The first-order valence-electron chi connectivity index (χ1n) is 8.66. The minimum Gasteiger partial charge on any atom is -0.493 e. The molecule has 28 heavy (non-hydrogen) atoms. The molecule has 0 saturated heterocycles. The zero-order valence-corrected chi connectivity index (χ0v) is 18.8. The van der Waals surface area contributed by atoms with Crippen molar-refractivity contribution in [2.24, 2.45) is 10.7 Å². The summed E-state index contributed by atoms with van der Waals surface area (Å²) in [5.74, 6) is 2.40. The molecule has 2 rings (SSSR count). The first kappa shape index (κ1) is 23.8. The van der Waals surface area contributed by atoms with Crippen LogP contribution in [0.1, 0.15) is 12.0 Å². The van der Waals surface area contributed by atoms with Crippen LogP contribution in [0.5, 0.6) is 17.2 Å². The molecule has 2 aromatic carbocycles. The highest BCUT2D eigenvalue weighted by Gasteiger charge is 2.05. The Morgan fingerprint density at radius 2 is 1.79 bits per heavy atom. The van der Waals surface area contributed by atoms with Crippen molar-refractivity contribution in [1.29, 1.82) is 0 Å². The summed E-state index contributed by atoms with van der Waals surface area (Å²) in [4.78, 5) is 4.37. The number of rotatable bonds is 10. The zero-order chi connectivity index (χ0) is 19.5. The molecule has 0 saturated carbocycles. The first-order chi connectivity index (χ1) is 13.2. The van der Waals surface area contributed by atoms with Gasteiger partial charge in [-0.3, -0.25) is 0 Å². The normalized spacial score (nSPS) is 10.8. The molecule has 0 unspecified atom stereocenters.